The second-order valence-corrected chi connectivity index (χ2v) is 10.1. The molecule has 1 aliphatic rings. The average Bonchev–Trinajstić information content (AvgIpc) is 3.16. The molecule has 0 atom stereocenters. The van der Waals surface area contributed by atoms with Crippen LogP contribution in [0.2, 0.25) is 0 Å². The van der Waals surface area contributed by atoms with Crippen molar-refractivity contribution in [3.63, 3.8) is 0 Å². The molecule has 2 aromatic heterocycles. The first kappa shape index (κ1) is 28.5. The van der Waals surface area contributed by atoms with Gasteiger partial charge in [0.1, 0.15) is 18.1 Å². The maximum atomic E-state index is 13.6. The number of ether oxygens (including phenoxy) is 1. The van der Waals surface area contributed by atoms with Gasteiger partial charge in [0.2, 0.25) is 5.91 Å². The van der Waals surface area contributed by atoms with Crippen LogP contribution in [-0.4, -0.2) is 57.6 Å². The lowest BCUT2D eigenvalue weighted by Gasteiger charge is -2.19. The number of nitrogens with zero attached hydrogens (tertiary/aromatic N) is 4. The van der Waals surface area contributed by atoms with Crippen LogP contribution in [0.25, 0.3) is 22.4 Å². The molecular formula is C28H34F3N5O3. The number of hydrogen-bond donors (Lipinski definition) is 1. The van der Waals surface area contributed by atoms with Crippen LogP contribution in [0.5, 0.6) is 5.75 Å². The van der Waals surface area contributed by atoms with E-state index in [1.54, 1.807) is 13.8 Å². The molecule has 210 valence electrons. The molecular weight excluding hydrogens is 511 g/mol. The van der Waals surface area contributed by atoms with Crippen LogP contribution >= 0.6 is 0 Å². The summed E-state index contributed by atoms with van der Waals surface area (Å²) < 4.78 is 47.1. The van der Waals surface area contributed by atoms with Crippen molar-refractivity contribution >= 4 is 16.9 Å². The van der Waals surface area contributed by atoms with Gasteiger partial charge in [0.25, 0.3) is 5.56 Å². The van der Waals surface area contributed by atoms with E-state index in [4.69, 9.17) is 4.74 Å². The Bertz CT molecular complexity index is 1350. The summed E-state index contributed by atoms with van der Waals surface area (Å²) in [5.41, 5.74) is -1.36. The molecule has 11 heteroatoms. The van der Waals surface area contributed by atoms with E-state index < -0.39 is 29.8 Å². The van der Waals surface area contributed by atoms with Gasteiger partial charge in [0.15, 0.2) is 5.65 Å². The third-order valence-electron chi connectivity index (χ3n) is 6.57. The zero-order valence-corrected chi connectivity index (χ0v) is 22.3. The molecule has 39 heavy (non-hydrogen) atoms. The van der Waals surface area contributed by atoms with Gasteiger partial charge in [-0.05, 0) is 64.4 Å². The van der Waals surface area contributed by atoms with Gasteiger partial charge in [-0.1, -0.05) is 25.0 Å². The number of alkyl halides is 3. The molecule has 3 heterocycles. The van der Waals surface area contributed by atoms with Crippen molar-refractivity contribution in [1.82, 2.24) is 24.8 Å². The van der Waals surface area contributed by atoms with E-state index in [9.17, 15) is 22.8 Å². The number of carbonyl (C=O) groups excluding carboxylic acids is 1. The third kappa shape index (κ3) is 7.56. The average molecular weight is 546 g/mol. The molecule has 3 aromatic rings. The van der Waals surface area contributed by atoms with E-state index >= 15 is 0 Å². The molecule has 0 radical (unpaired) electrons. The molecule has 8 nitrogen and oxygen atoms in total. The Hall–Kier alpha value is -3.47. The fourth-order valence-corrected chi connectivity index (χ4v) is 4.72. The Balaban J connectivity index is 1.62. The van der Waals surface area contributed by atoms with Crippen molar-refractivity contribution in [2.45, 2.75) is 64.7 Å². The number of pyridine rings is 1. The summed E-state index contributed by atoms with van der Waals surface area (Å²) in [6.45, 7) is 6.71. The minimum Gasteiger partial charge on any atom is -0.492 e. The molecule has 1 aromatic carbocycles. The van der Waals surface area contributed by atoms with E-state index in [1.165, 1.54) is 50.1 Å². The van der Waals surface area contributed by atoms with Crippen LogP contribution in [0.1, 0.15) is 51.5 Å². The molecule has 1 amide bonds. The van der Waals surface area contributed by atoms with Crippen LogP contribution in [0, 0.1) is 0 Å². The predicted octanol–water partition coefficient (Wildman–Crippen LogP) is 4.65. The summed E-state index contributed by atoms with van der Waals surface area (Å²) in [5, 5.41) is 2.83. The first-order chi connectivity index (χ1) is 18.6. The number of amides is 1. The standard InChI is InChI=1S/C28H34F3N5O3/c1-19(2)33-24(37)18-36-26(20-9-7-10-21(15-20)28(29,30)31)34-25-23(27(36)38)16-22(17-32-25)39-14-8-13-35-11-5-3-4-6-12-35/h7,9-10,15-17,19H,3-6,8,11-14,18H2,1-2H3,(H,33,37). The lowest BCUT2D eigenvalue weighted by molar-refractivity contribution is -0.137. The Kier molecular flexibility index (Phi) is 9.21. The topological polar surface area (TPSA) is 89.3 Å². The van der Waals surface area contributed by atoms with Crippen LogP contribution in [-0.2, 0) is 17.5 Å². The van der Waals surface area contributed by atoms with Crippen molar-refractivity contribution in [2.75, 3.05) is 26.2 Å². The summed E-state index contributed by atoms with van der Waals surface area (Å²) in [6.07, 6.45) is 2.67. The lowest BCUT2D eigenvalue weighted by atomic mass is 10.1. The summed E-state index contributed by atoms with van der Waals surface area (Å²) in [4.78, 5) is 37.3. The van der Waals surface area contributed by atoms with Gasteiger partial charge in [-0.3, -0.25) is 14.2 Å². The van der Waals surface area contributed by atoms with Crippen LogP contribution in [0.3, 0.4) is 0 Å². The number of fused-ring (bicyclic) bond motifs is 1. The van der Waals surface area contributed by atoms with E-state index in [0.29, 0.717) is 12.4 Å². The molecule has 0 aliphatic carbocycles. The number of carbonyl (C=O) groups is 1. The Morgan fingerprint density at radius 3 is 2.56 bits per heavy atom. The van der Waals surface area contributed by atoms with E-state index in [1.807, 2.05) is 0 Å². The van der Waals surface area contributed by atoms with E-state index in [2.05, 4.69) is 20.2 Å². The Labute approximate surface area is 225 Å². The van der Waals surface area contributed by atoms with Crippen molar-refractivity contribution in [3.8, 4) is 17.1 Å². The molecule has 0 unspecified atom stereocenters. The molecule has 1 aliphatic heterocycles. The minimum absolute atomic E-state index is 0.0526. The Morgan fingerprint density at radius 2 is 1.87 bits per heavy atom. The minimum atomic E-state index is -4.58. The first-order valence-electron chi connectivity index (χ1n) is 13.3. The van der Waals surface area contributed by atoms with Gasteiger partial charge in [-0.25, -0.2) is 9.97 Å². The van der Waals surface area contributed by atoms with Crippen LogP contribution in [0.15, 0.2) is 41.3 Å². The third-order valence-corrected chi connectivity index (χ3v) is 6.57. The number of nitrogens with one attached hydrogen (secondary N) is 1. The van der Waals surface area contributed by atoms with Crippen molar-refractivity contribution in [1.29, 1.82) is 0 Å². The first-order valence-corrected chi connectivity index (χ1v) is 13.3. The molecule has 4 rings (SSSR count). The highest BCUT2D eigenvalue weighted by Gasteiger charge is 2.31. The van der Waals surface area contributed by atoms with Crippen LogP contribution < -0.4 is 15.6 Å². The fourth-order valence-electron chi connectivity index (χ4n) is 4.72. The van der Waals surface area contributed by atoms with E-state index in [0.717, 1.165) is 42.8 Å². The normalized spacial score (nSPS) is 14.9. The van der Waals surface area contributed by atoms with Gasteiger partial charge in [0, 0.05) is 18.2 Å². The number of halogens is 3. The highest BCUT2D eigenvalue weighted by atomic mass is 19.4. The zero-order chi connectivity index (χ0) is 28.0. The molecule has 0 spiro atoms. The second kappa shape index (κ2) is 12.6. The maximum absolute atomic E-state index is 13.6. The largest absolute Gasteiger partial charge is 0.492 e. The van der Waals surface area contributed by atoms with E-state index in [-0.39, 0.29) is 28.5 Å². The van der Waals surface area contributed by atoms with Gasteiger partial charge < -0.3 is 15.0 Å². The molecule has 1 fully saturated rings. The summed E-state index contributed by atoms with van der Waals surface area (Å²) >= 11 is 0. The number of likely N-dealkylation sites (tertiary alicyclic amines) is 1. The molecule has 1 N–H and O–H groups in total. The number of rotatable bonds is 9. The summed E-state index contributed by atoms with van der Waals surface area (Å²) in [6, 6.07) is 5.84. The monoisotopic (exact) mass is 545 g/mol. The van der Waals surface area contributed by atoms with Gasteiger partial charge in [-0.15, -0.1) is 0 Å². The van der Waals surface area contributed by atoms with Gasteiger partial charge in [0.05, 0.1) is 23.8 Å². The maximum Gasteiger partial charge on any atom is 0.416 e. The summed E-state index contributed by atoms with van der Waals surface area (Å²) in [5.74, 6) is -0.145. The fraction of sp³-hybridized carbons (Fsp3) is 0.500. The van der Waals surface area contributed by atoms with Crippen LogP contribution in [0.4, 0.5) is 13.2 Å². The number of hydrogen-bond acceptors (Lipinski definition) is 6. The Morgan fingerprint density at radius 1 is 1.13 bits per heavy atom. The molecule has 1 saturated heterocycles. The predicted molar refractivity (Wildman–Crippen MR) is 143 cm³/mol. The highest BCUT2D eigenvalue weighted by Crippen LogP contribution is 2.32. The highest BCUT2D eigenvalue weighted by molar-refractivity contribution is 5.80. The number of aromatic nitrogens is 3. The SMILES string of the molecule is CC(C)NC(=O)Cn1c(-c2cccc(C(F)(F)F)c2)nc2ncc(OCCCN3CCCCCC3)cc2c1=O. The lowest BCUT2D eigenvalue weighted by Crippen LogP contribution is -2.37. The van der Waals surface area contributed by atoms with Gasteiger partial charge >= 0.3 is 6.18 Å². The van der Waals surface area contributed by atoms with Crippen molar-refractivity contribution in [3.05, 3.63) is 52.4 Å². The summed E-state index contributed by atoms with van der Waals surface area (Å²) in [7, 11) is 0. The van der Waals surface area contributed by atoms with Gasteiger partial charge in [-0.2, -0.15) is 13.2 Å². The quantitative estimate of drug-likeness (QED) is 0.394. The van der Waals surface area contributed by atoms with Crippen molar-refractivity contribution in [2.24, 2.45) is 0 Å². The zero-order valence-electron chi connectivity index (χ0n) is 22.3. The number of benzene rings is 1. The molecule has 0 bridgehead atoms. The smallest absolute Gasteiger partial charge is 0.416 e. The second-order valence-electron chi connectivity index (χ2n) is 10.1. The van der Waals surface area contributed by atoms with Crippen molar-refractivity contribution < 1.29 is 22.7 Å². The molecule has 0 saturated carbocycles.